The molecule has 0 aliphatic heterocycles. The van der Waals surface area contributed by atoms with Crippen molar-refractivity contribution in [2.45, 2.75) is 6.92 Å². The fourth-order valence-corrected chi connectivity index (χ4v) is 1.36. The van der Waals surface area contributed by atoms with Crippen molar-refractivity contribution < 1.29 is 0 Å². The monoisotopic (exact) mass is 211 g/mol. The lowest BCUT2D eigenvalue weighted by Crippen LogP contribution is -1.87. The quantitative estimate of drug-likeness (QED) is 0.666. The van der Waals surface area contributed by atoms with E-state index in [9.17, 15) is 0 Å². The molecule has 0 saturated carbocycles. The van der Waals surface area contributed by atoms with Crippen LogP contribution in [-0.2, 0) is 0 Å². The number of aryl methyl sites for hydroxylation is 1. The molecule has 3 nitrogen and oxygen atoms in total. The zero-order valence-corrected chi connectivity index (χ0v) is 7.54. The highest BCUT2D eigenvalue weighted by Crippen LogP contribution is 2.09. The second-order valence-electron chi connectivity index (χ2n) is 2.36. The molecular weight excluding hydrogens is 206 g/mol. The first kappa shape index (κ1) is 6.79. The summed E-state index contributed by atoms with van der Waals surface area (Å²) in [5.74, 6) is 0. The van der Waals surface area contributed by atoms with Gasteiger partial charge in [-0.15, -0.1) is 0 Å². The topological polar surface area (TPSA) is 30.2 Å². The van der Waals surface area contributed by atoms with Gasteiger partial charge in [-0.2, -0.15) is 0 Å². The molecule has 0 aliphatic carbocycles. The number of hydrogen-bond donors (Lipinski definition) is 0. The zero-order chi connectivity index (χ0) is 7.84. The molecule has 0 unspecified atom stereocenters. The third-order valence-corrected chi connectivity index (χ3v) is 1.84. The Labute approximate surface area is 72.2 Å². The van der Waals surface area contributed by atoms with Crippen LogP contribution in [0.15, 0.2) is 23.2 Å². The van der Waals surface area contributed by atoms with Crippen molar-refractivity contribution in [3.05, 3.63) is 28.9 Å². The molecule has 0 radical (unpaired) electrons. The smallest absolute Gasteiger partial charge is 0.141 e. The minimum Gasteiger partial charge on any atom is -0.289 e. The Morgan fingerprint density at radius 3 is 3.18 bits per heavy atom. The lowest BCUT2D eigenvalue weighted by Gasteiger charge is -1.91. The van der Waals surface area contributed by atoms with Gasteiger partial charge in [0.05, 0.1) is 0 Å². The van der Waals surface area contributed by atoms with Crippen molar-refractivity contribution in [3.8, 4) is 0 Å². The van der Waals surface area contributed by atoms with Crippen LogP contribution in [0, 0.1) is 6.92 Å². The van der Waals surface area contributed by atoms with Gasteiger partial charge in [-0.3, -0.25) is 4.40 Å². The van der Waals surface area contributed by atoms with Crippen molar-refractivity contribution in [3.63, 3.8) is 0 Å². The molecule has 11 heavy (non-hydrogen) atoms. The first-order valence-electron chi connectivity index (χ1n) is 3.22. The Hall–Kier alpha value is -0.900. The number of rotatable bonds is 0. The fourth-order valence-electron chi connectivity index (χ4n) is 0.954. The van der Waals surface area contributed by atoms with Crippen LogP contribution >= 0.6 is 15.9 Å². The van der Waals surface area contributed by atoms with Crippen LogP contribution in [0.1, 0.15) is 5.69 Å². The van der Waals surface area contributed by atoms with Crippen molar-refractivity contribution in [2.24, 2.45) is 0 Å². The summed E-state index contributed by atoms with van der Waals surface area (Å²) < 4.78 is 2.71. The fraction of sp³-hybridized carbons (Fsp3) is 0.143. The van der Waals surface area contributed by atoms with E-state index in [1.807, 2.05) is 23.6 Å². The third kappa shape index (κ3) is 1.14. The average molecular weight is 212 g/mol. The molecule has 2 rings (SSSR count). The molecule has 0 saturated heterocycles. The Balaban J connectivity index is 2.82. The minimum atomic E-state index is 0.838. The molecule has 2 heterocycles. The van der Waals surface area contributed by atoms with Gasteiger partial charge in [-0.05, 0) is 22.9 Å². The molecule has 0 atom stereocenters. The molecule has 56 valence electrons. The summed E-state index contributed by atoms with van der Waals surface area (Å²) >= 11 is 3.29. The Kier molecular flexibility index (Phi) is 1.42. The highest BCUT2D eigenvalue weighted by Gasteiger charge is 1.97. The number of halogens is 1. The Bertz CT molecular complexity index is 393. The Morgan fingerprint density at radius 1 is 1.55 bits per heavy atom. The van der Waals surface area contributed by atoms with Crippen LogP contribution in [0.2, 0.25) is 0 Å². The van der Waals surface area contributed by atoms with Gasteiger partial charge in [0.1, 0.15) is 16.6 Å². The van der Waals surface area contributed by atoms with Gasteiger partial charge in [0.25, 0.3) is 0 Å². The maximum Gasteiger partial charge on any atom is 0.141 e. The summed E-state index contributed by atoms with van der Waals surface area (Å²) in [5.41, 5.74) is 1.90. The normalized spacial score (nSPS) is 10.7. The van der Waals surface area contributed by atoms with Crippen molar-refractivity contribution in [1.29, 1.82) is 0 Å². The molecule has 0 aromatic carbocycles. The molecule has 0 N–H and O–H groups in total. The lowest BCUT2D eigenvalue weighted by molar-refractivity contribution is 1.05. The van der Waals surface area contributed by atoms with Gasteiger partial charge in [-0.1, -0.05) is 0 Å². The van der Waals surface area contributed by atoms with E-state index in [0.29, 0.717) is 0 Å². The average Bonchev–Trinajstić information content (AvgIpc) is 2.27. The first-order chi connectivity index (χ1) is 5.25. The molecule has 2 aromatic heterocycles. The highest BCUT2D eigenvalue weighted by atomic mass is 79.9. The third-order valence-electron chi connectivity index (χ3n) is 1.46. The zero-order valence-electron chi connectivity index (χ0n) is 5.95. The molecule has 4 heteroatoms. The predicted octanol–water partition coefficient (Wildman–Crippen LogP) is 1.80. The largest absolute Gasteiger partial charge is 0.289 e. The van der Waals surface area contributed by atoms with E-state index < -0.39 is 0 Å². The summed E-state index contributed by atoms with van der Waals surface area (Å²) in [7, 11) is 0. The van der Waals surface area contributed by atoms with E-state index in [1.54, 1.807) is 6.33 Å². The van der Waals surface area contributed by atoms with Crippen LogP contribution in [0.3, 0.4) is 0 Å². The lowest BCUT2D eigenvalue weighted by atomic mass is 10.4. The van der Waals surface area contributed by atoms with E-state index in [4.69, 9.17) is 0 Å². The molecule has 0 aliphatic rings. The molecule has 0 amide bonds. The van der Waals surface area contributed by atoms with E-state index in [-0.39, 0.29) is 0 Å². The van der Waals surface area contributed by atoms with E-state index >= 15 is 0 Å². The van der Waals surface area contributed by atoms with Gasteiger partial charge in [0.15, 0.2) is 0 Å². The van der Waals surface area contributed by atoms with Gasteiger partial charge in [0, 0.05) is 18.0 Å². The van der Waals surface area contributed by atoms with Crippen LogP contribution in [0.4, 0.5) is 0 Å². The van der Waals surface area contributed by atoms with Crippen LogP contribution in [-0.4, -0.2) is 14.4 Å². The summed E-state index contributed by atoms with van der Waals surface area (Å²) in [6, 6.07) is 1.94. The van der Waals surface area contributed by atoms with Gasteiger partial charge >= 0.3 is 0 Å². The number of fused-ring (bicyclic) bond motifs is 1. The van der Waals surface area contributed by atoms with Crippen molar-refractivity contribution in [1.82, 2.24) is 14.4 Å². The Morgan fingerprint density at radius 2 is 2.36 bits per heavy atom. The number of imidazole rings is 1. The van der Waals surface area contributed by atoms with Crippen LogP contribution < -0.4 is 0 Å². The number of hydrogen-bond acceptors (Lipinski definition) is 2. The maximum absolute atomic E-state index is 4.21. The molecule has 0 bridgehead atoms. The van der Waals surface area contributed by atoms with Crippen molar-refractivity contribution in [2.75, 3.05) is 0 Å². The summed E-state index contributed by atoms with van der Waals surface area (Å²) in [6.45, 7) is 1.95. The highest BCUT2D eigenvalue weighted by molar-refractivity contribution is 9.10. The molecular formula is C7H6BrN3. The first-order valence-corrected chi connectivity index (χ1v) is 4.02. The van der Waals surface area contributed by atoms with Crippen molar-refractivity contribution >= 4 is 21.6 Å². The van der Waals surface area contributed by atoms with Gasteiger partial charge in [-0.25, -0.2) is 9.97 Å². The second-order valence-corrected chi connectivity index (χ2v) is 3.17. The molecule has 2 aromatic rings. The van der Waals surface area contributed by atoms with Crippen LogP contribution in [0.25, 0.3) is 5.65 Å². The van der Waals surface area contributed by atoms with E-state index in [2.05, 4.69) is 25.9 Å². The predicted molar refractivity (Wildman–Crippen MR) is 45.4 cm³/mol. The molecule has 0 spiro atoms. The van der Waals surface area contributed by atoms with E-state index in [1.165, 1.54) is 0 Å². The summed E-state index contributed by atoms with van der Waals surface area (Å²) in [5, 5.41) is 0. The van der Waals surface area contributed by atoms with E-state index in [0.717, 1.165) is 15.9 Å². The van der Waals surface area contributed by atoms with Gasteiger partial charge in [0.2, 0.25) is 0 Å². The summed E-state index contributed by atoms with van der Waals surface area (Å²) in [4.78, 5) is 8.34. The number of aromatic nitrogens is 3. The number of nitrogens with zero attached hydrogens (tertiary/aromatic N) is 3. The SMILES string of the molecule is Cc1cc2nc(Br)cn2cn1. The minimum absolute atomic E-state index is 0.838. The molecule has 0 fully saturated rings. The maximum atomic E-state index is 4.21. The second kappa shape index (κ2) is 2.30. The van der Waals surface area contributed by atoms with Crippen LogP contribution in [0.5, 0.6) is 0 Å². The summed E-state index contributed by atoms with van der Waals surface area (Å²) in [6.07, 6.45) is 3.63. The standard InChI is InChI=1S/C7H6BrN3/c1-5-2-7-10-6(8)3-11(7)4-9-5/h2-4H,1H3. The van der Waals surface area contributed by atoms with Gasteiger partial charge < -0.3 is 0 Å².